The lowest BCUT2D eigenvalue weighted by molar-refractivity contribution is -0.115. The van der Waals surface area contributed by atoms with Gasteiger partial charge in [0, 0.05) is 31.5 Å². The van der Waals surface area contributed by atoms with E-state index in [2.05, 4.69) is 31.6 Å². The van der Waals surface area contributed by atoms with Crippen LogP contribution in [0.3, 0.4) is 0 Å². The highest BCUT2D eigenvalue weighted by molar-refractivity contribution is 7.88. The molecule has 0 aliphatic carbocycles. The maximum absolute atomic E-state index is 11.8. The Bertz CT molecular complexity index is 1350. The van der Waals surface area contributed by atoms with Crippen molar-refractivity contribution in [2.75, 3.05) is 24.7 Å². The Labute approximate surface area is 176 Å². The predicted molar refractivity (Wildman–Crippen MR) is 105 cm³/mol. The molecule has 3 aromatic rings. The molecule has 1 amide bonds. The highest BCUT2D eigenvalue weighted by atomic mass is 32.2. The molecule has 1 fully saturated rings. The third kappa shape index (κ3) is 3.70. The average Bonchev–Trinajstić information content (AvgIpc) is 3.30. The Morgan fingerprint density at radius 3 is 2.77 bits per heavy atom. The van der Waals surface area contributed by atoms with Crippen molar-refractivity contribution < 1.29 is 13.2 Å². The van der Waals surface area contributed by atoms with Gasteiger partial charge in [0.25, 0.3) is 0 Å². The molecule has 0 aromatic carbocycles. The number of nitrogens with zero attached hydrogens (tertiary/aromatic N) is 9. The van der Waals surface area contributed by atoms with Crippen molar-refractivity contribution >= 4 is 27.5 Å². The van der Waals surface area contributed by atoms with Crippen LogP contribution in [0.2, 0.25) is 0 Å². The van der Waals surface area contributed by atoms with Crippen LogP contribution in [0.5, 0.6) is 0 Å². The number of hydrogen-bond acceptors (Lipinski definition) is 9. The monoisotopic (exact) mass is 440 g/mol. The van der Waals surface area contributed by atoms with E-state index in [1.54, 1.807) is 29.2 Å². The molecule has 14 heteroatoms. The molecule has 0 bridgehead atoms. The zero-order valence-electron chi connectivity index (χ0n) is 16.3. The number of nitriles is 2. The smallest absolute Gasteiger partial charge is 0.249 e. The first-order valence-electron chi connectivity index (χ1n) is 9.02. The van der Waals surface area contributed by atoms with Crippen LogP contribution in [0.1, 0.15) is 12.8 Å². The molecule has 1 aliphatic heterocycles. The lowest BCUT2D eigenvalue weighted by Gasteiger charge is -2.47. The van der Waals surface area contributed by atoms with Gasteiger partial charge >= 0.3 is 0 Å². The summed E-state index contributed by atoms with van der Waals surface area (Å²) in [4.78, 5) is 20.1. The van der Waals surface area contributed by atoms with Gasteiger partial charge in [-0.2, -0.15) is 29.4 Å². The molecule has 0 saturated carbocycles. The van der Waals surface area contributed by atoms with E-state index in [0.29, 0.717) is 17.0 Å². The summed E-state index contributed by atoms with van der Waals surface area (Å²) < 4.78 is 27.8. The van der Waals surface area contributed by atoms with E-state index in [1.165, 1.54) is 15.0 Å². The van der Waals surface area contributed by atoms with Gasteiger partial charge in [-0.25, -0.2) is 13.4 Å². The number of aromatic nitrogens is 6. The number of amides is 1. The maximum atomic E-state index is 11.8. The Kier molecular flexibility index (Phi) is 4.88. The van der Waals surface area contributed by atoms with Crippen LogP contribution >= 0.6 is 0 Å². The highest BCUT2D eigenvalue weighted by Gasteiger charge is 2.49. The fourth-order valence-corrected chi connectivity index (χ4v) is 4.28. The summed E-state index contributed by atoms with van der Waals surface area (Å²) in [7, 11) is -3.36. The van der Waals surface area contributed by atoms with Crippen LogP contribution in [0.25, 0.3) is 17.0 Å². The number of fused-ring (bicyclic) bond motifs is 1. The summed E-state index contributed by atoms with van der Waals surface area (Å²) in [6.45, 7) is 0.299. The first-order valence-corrected chi connectivity index (χ1v) is 10.9. The molecule has 13 nitrogen and oxygen atoms in total. The molecule has 0 unspecified atom stereocenters. The molecule has 1 saturated heterocycles. The van der Waals surface area contributed by atoms with Crippen molar-refractivity contribution in [2.45, 2.75) is 18.4 Å². The van der Waals surface area contributed by atoms with Crippen molar-refractivity contribution in [3.63, 3.8) is 0 Å². The fraction of sp³-hybridized carbons (Fsp3) is 0.353. The SMILES string of the molecule is CS(=O)(=O)N1CC(CC#N)(n2cc(-c3nccc4nc(NC(=O)CC#N)nn34)cn2)C1. The van der Waals surface area contributed by atoms with Gasteiger partial charge in [-0.1, -0.05) is 0 Å². The molecule has 4 rings (SSSR count). The van der Waals surface area contributed by atoms with Gasteiger partial charge in [0.1, 0.15) is 12.0 Å². The zero-order chi connectivity index (χ0) is 22.2. The van der Waals surface area contributed by atoms with Crippen LogP contribution in [0.15, 0.2) is 24.7 Å². The van der Waals surface area contributed by atoms with Gasteiger partial charge in [-0.05, 0) is 0 Å². The van der Waals surface area contributed by atoms with Crippen molar-refractivity contribution in [3.8, 4) is 23.5 Å². The normalized spacial score (nSPS) is 15.7. The summed E-state index contributed by atoms with van der Waals surface area (Å²) >= 11 is 0. The van der Waals surface area contributed by atoms with Gasteiger partial charge < -0.3 is 0 Å². The Morgan fingerprint density at radius 1 is 1.32 bits per heavy atom. The number of sulfonamides is 1. The van der Waals surface area contributed by atoms with E-state index >= 15 is 0 Å². The second-order valence-corrected chi connectivity index (χ2v) is 9.10. The van der Waals surface area contributed by atoms with Crippen molar-refractivity contribution in [3.05, 3.63) is 24.7 Å². The largest absolute Gasteiger partial charge is 0.292 e. The minimum absolute atomic E-state index is 0.0330. The third-order valence-electron chi connectivity index (χ3n) is 4.89. The number of carbonyl (C=O) groups excluding carboxylic acids is 1. The van der Waals surface area contributed by atoms with Crippen molar-refractivity contribution in [1.82, 2.24) is 33.7 Å². The standard InChI is InChI=1S/C17H16N10O3S/c1-31(29,30)25-10-17(11-25,4-6-19)26-9-12(8-21-26)15-20-7-3-13-22-16(24-27(13)15)23-14(28)2-5-18/h3,7-9H,2,4,10-11H2,1H3,(H,23,24,28). The van der Waals surface area contributed by atoms with Crippen LogP contribution in [0.4, 0.5) is 5.95 Å². The first kappa shape index (κ1) is 20.4. The molecule has 3 aromatic heterocycles. The van der Waals surface area contributed by atoms with Gasteiger partial charge in [0.05, 0.1) is 36.6 Å². The highest BCUT2D eigenvalue weighted by Crippen LogP contribution is 2.34. The topological polar surface area (TPSA) is 175 Å². The zero-order valence-corrected chi connectivity index (χ0v) is 17.1. The molecule has 158 valence electrons. The number of anilines is 1. The van der Waals surface area contributed by atoms with Crippen LogP contribution < -0.4 is 5.32 Å². The van der Waals surface area contributed by atoms with Gasteiger partial charge in [-0.15, -0.1) is 5.10 Å². The molecule has 1 aliphatic rings. The second-order valence-electron chi connectivity index (χ2n) is 7.12. The van der Waals surface area contributed by atoms with Crippen LogP contribution in [-0.2, 0) is 20.4 Å². The van der Waals surface area contributed by atoms with Crippen LogP contribution in [0, 0.1) is 22.7 Å². The lowest BCUT2D eigenvalue weighted by atomic mass is 9.89. The summed E-state index contributed by atoms with van der Waals surface area (Å²) in [6.07, 6.45) is 5.64. The van der Waals surface area contributed by atoms with Gasteiger partial charge in [0.2, 0.25) is 21.9 Å². The summed E-state index contributed by atoms with van der Waals surface area (Å²) in [5.74, 6) is -0.103. The lowest BCUT2D eigenvalue weighted by Crippen LogP contribution is -2.63. The van der Waals surface area contributed by atoms with E-state index in [0.717, 1.165) is 6.26 Å². The van der Waals surface area contributed by atoms with E-state index in [4.69, 9.17) is 5.26 Å². The van der Waals surface area contributed by atoms with Gasteiger partial charge in [0.15, 0.2) is 11.5 Å². The summed E-state index contributed by atoms with van der Waals surface area (Å²) in [5, 5.41) is 28.9. The number of nitrogens with one attached hydrogen (secondary N) is 1. The summed E-state index contributed by atoms with van der Waals surface area (Å²) in [6, 6.07) is 5.46. The molecule has 0 radical (unpaired) electrons. The average molecular weight is 440 g/mol. The number of rotatable bonds is 6. The van der Waals surface area contributed by atoms with E-state index in [9.17, 15) is 18.5 Å². The summed E-state index contributed by atoms with van der Waals surface area (Å²) in [5.41, 5.74) is 0.229. The Balaban J connectivity index is 1.66. The first-order chi connectivity index (χ1) is 14.8. The molecule has 0 spiro atoms. The Hall–Kier alpha value is -3.88. The second kappa shape index (κ2) is 7.42. The van der Waals surface area contributed by atoms with E-state index in [1.807, 2.05) is 0 Å². The number of hydrogen-bond donors (Lipinski definition) is 1. The van der Waals surface area contributed by atoms with Crippen molar-refractivity contribution in [2.24, 2.45) is 0 Å². The minimum Gasteiger partial charge on any atom is -0.292 e. The van der Waals surface area contributed by atoms with E-state index < -0.39 is 21.5 Å². The molecular weight excluding hydrogens is 424 g/mol. The third-order valence-corrected chi connectivity index (χ3v) is 6.09. The molecular formula is C17H16N10O3S. The Morgan fingerprint density at radius 2 is 2.10 bits per heavy atom. The molecule has 1 N–H and O–H groups in total. The fourth-order valence-electron chi connectivity index (χ4n) is 3.33. The molecule has 4 heterocycles. The number of carbonyl (C=O) groups is 1. The minimum atomic E-state index is -3.36. The molecule has 31 heavy (non-hydrogen) atoms. The molecule has 0 atom stereocenters. The van der Waals surface area contributed by atoms with Gasteiger partial charge in [-0.3, -0.25) is 14.8 Å². The quantitative estimate of drug-likeness (QED) is 0.540. The van der Waals surface area contributed by atoms with Crippen molar-refractivity contribution in [1.29, 1.82) is 10.5 Å². The maximum Gasteiger partial charge on any atom is 0.249 e. The van der Waals surface area contributed by atoms with E-state index in [-0.39, 0.29) is 31.9 Å². The predicted octanol–water partition coefficient (Wildman–Crippen LogP) is -0.276. The van der Waals surface area contributed by atoms with Crippen LogP contribution in [-0.4, -0.2) is 67.3 Å².